The Morgan fingerprint density at radius 2 is 2.16 bits per heavy atom. The first-order chi connectivity index (χ1) is 9.11. The standard InChI is InChI=1S/C16H27N3/c1-5-14-12-19(10-6-9-17-14)15-8-7-13(2)16(11-15)18(3)4/h7-8,11,14,17H,5-6,9-10,12H2,1-4H3. The molecule has 3 heteroatoms. The van der Waals surface area contributed by atoms with Crippen LogP contribution in [0.3, 0.4) is 0 Å². The molecule has 1 saturated heterocycles. The molecule has 2 rings (SSSR count). The van der Waals surface area contributed by atoms with Gasteiger partial charge in [0.25, 0.3) is 0 Å². The molecule has 1 aliphatic rings. The minimum Gasteiger partial charge on any atom is -0.377 e. The SMILES string of the molecule is CCC1CN(c2ccc(C)c(N(C)C)c2)CCCN1. The summed E-state index contributed by atoms with van der Waals surface area (Å²) in [5, 5.41) is 3.63. The molecule has 0 radical (unpaired) electrons. The highest BCUT2D eigenvalue weighted by molar-refractivity contribution is 5.63. The van der Waals surface area contributed by atoms with E-state index in [1.54, 1.807) is 0 Å². The van der Waals surface area contributed by atoms with Crippen molar-refractivity contribution in [1.29, 1.82) is 0 Å². The van der Waals surface area contributed by atoms with Crippen LogP contribution >= 0.6 is 0 Å². The fraction of sp³-hybridized carbons (Fsp3) is 0.625. The zero-order valence-electron chi connectivity index (χ0n) is 12.7. The van der Waals surface area contributed by atoms with Crippen LogP contribution in [0.5, 0.6) is 0 Å². The van der Waals surface area contributed by atoms with Crippen LogP contribution in [0.2, 0.25) is 0 Å². The van der Waals surface area contributed by atoms with E-state index in [1.165, 1.54) is 29.8 Å². The zero-order chi connectivity index (χ0) is 13.8. The molecular weight excluding hydrogens is 234 g/mol. The van der Waals surface area contributed by atoms with Crippen molar-refractivity contribution in [3.63, 3.8) is 0 Å². The highest BCUT2D eigenvalue weighted by Crippen LogP contribution is 2.26. The molecule has 19 heavy (non-hydrogen) atoms. The van der Waals surface area contributed by atoms with Gasteiger partial charge >= 0.3 is 0 Å². The Kier molecular flexibility index (Phi) is 4.70. The van der Waals surface area contributed by atoms with Crippen LogP contribution in [0.15, 0.2) is 18.2 Å². The van der Waals surface area contributed by atoms with Crippen LogP contribution in [0.1, 0.15) is 25.3 Å². The molecule has 1 N–H and O–H groups in total. The lowest BCUT2D eigenvalue weighted by atomic mass is 10.1. The number of hydrogen-bond donors (Lipinski definition) is 1. The Balaban J connectivity index is 2.22. The van der Waals surface area contributed by atoms with Crippen molar-refractivity contribution in [1.82, 2.24) is 5.32 Å². The average Bonchev–Trinajstić information content (AvgIpc) is 2.64. The minimum atomic E-state index is 0.617. The van der Waals surface area contributed by atoms with Crippen molar-refractivity contribution in [2.75, 3.05) is 43.5 Å². The van der Waals surface area contributed by atoms with Gasteiger partial charge in [-0.1, -0.05) is 13.0 Å². The summed E-state index contributed by atoms with van der Waals surface area (Å²) >= 11 is 0. The van der Waals surface area contributed by atoms with E-state index >= 15 is 0 Å². The van der Waals surface area contributed by atoms with Gasteiger partial charge in [0.1, 0.15) is 0 Å². The van der Waals surface area contributed by atoms with E-state index in [1.807, 2.05) is 0 Å². The Labute approximate surface area is 117 Å². The van der Waals surface area contributed by atoms with Crippen molar-refractivity contribution in [3.8, 4) is 0 Å². The van der Waals surface area contributed by atoms with Gasteiger partial charge in [-0.3, -0.25) is 0 Å². The Hall–Kier alpha value is -1.22. The van der Waals surface area contributed by atoms with Gasteiger partial charge in [0, 0.05) is 44.6 Å². The van der Waals surface area contributed by atoms with Gasteiger partial charge in [0.05, 0.1) is 0 Å². The summed E-state index contributed by atoms with van der Waals surface area (Å²) in [5.41, 5.74) is 4.02. The summed E-state index contributed by atoms with van der Waals surface area (Å²) in [5.74, 6) is 0. The molecule has 1 heterocycles. The number of hydrogen-bond acceptors (Lipinski definition) is 3. The quantitative estimate of drug-likeness (QED) is 0.902. The van der Waals surface area contributed by atoms with Gasteiger partial charge in [0.15, 0.2) is 0 Å². The first-order valence-electron chi connectivity index (χ1n) is 7.38. The lowest BCUT2D eigenvalue weighted by molar-refractivity contribution is 0.528. The molecule has 0 amide bonds. The van der Waals surface area contributed by atoms with Crippen LogP contribution in [-0.4, -0.2) is 39.8 Å². The first-order valence-corrected chi connectivity index (χ1v) is 7.38. The van der Waals surface area contributed by atoms with E-state index in [4.69, 9.17) is 0 Å². The van der Waals surface area contributed by atoms with Gasteiger partial charge in [0.2, 0.25) is 0 Å². The predicted octanol–water partition coefficient (Wildman–Crippen LogP) is 2.64. The van der Waals surface area contributed by atoms with Crippen molar-refractivity contribution >= 4 is 11.4 Å². The molecule has 1 aromatic carbocycles. The molecule has 1 fully saturated rings. The largest absolute Gasteiger partial charge is 0.377 e. The maximum Gasteiger partial charge on any atom is 0.0411 e. The average molecular weight is 261 g/mol. The first kappa shape index (κ1) is 14.2. The van der Waals surface area contributed by atoms with Crippen LogP contribution in [0.4, 0.5) is 11.4 Å². The lowest BCUT2D eigenvalue weighted by Crippen LogP contribution is -2.37. The number of nitrogens with one attached hydrogen (secondary N) is 1. The van der Waals surface area contributed by atoms with E-state index in [9.17, 15) is 0 Å². The molecule has 0 aromatic heterocycles. The molecule has 106 valence electrons. The minimum absolute atomic E-state index is 0.617. The maximum atomic E-state index is 3.63. The van der Waals surface area contributed by atoms with Gasteiger partial charge in [-0.25, -0.2) is 0 Å². The van der Waals surface area contributed by atoms with E-state index in [0.717, 1.165) is 19.6 Å². The number of rotatable bonds is 3. The number of aryl methyl sites for hydroxylation is 1. The Morgan fingerprint density at radius 1 is 1.37 bits per heavy atom. The predicted molar refractivity (Wildman–Crippen MR) is 84.4 cm³/mol. The van der Waals surface area contributed by atoms with Crippen LogP contribution < -0.4 is 15.1 Å². The summed E-state index contributed by atoms with van der Waals surface area (Å²) in [6.07, 6.45) is 2.42. The topological polar surface area (TPSA) is 18.5 Å². The van der Waals surface area contributed by atoms with Crippen molar-refractivity contribution in [2.24, 2.45) is 0 Å². The second-order valence-electron chi connectivity index (χ2n) is 5.72. The smallest absolute Gasteiger partial charge is 0.0411 e. The molecule has 0 spiro atoms. The van der Waals surface area contributed by atoms with Crippen molar-refractivity contribution < 1.29 is 0 Å². The van der Waals surface area contributed by atoms with Crippen molar-refractivity contribution in [3.05, 3.63) is 23.8 Å². The molecule has 1 aliphatic heterocycles. The van der Waals surface area contributed by atoms with Gasteiger partial charge in [-0.2, -0.15) is 0 Å². The number of nitrogens with zero attached hydrogens (tertiary/aromatic N) is 2. The lowest BCUT2D eigenvalue weighted by Gasteiger charge is -2.27. The number of benzene rings is 1. The van der Waals surface area contributed by atoms with Crippen LogP contribution in [0, 0.1) is 6.92 Å². The molecule has 1 atom stereocenters. The summed E-state index contributed by atoms with van der Waals surface area (Å²) < 4.78 is 0. The monoisotopic (exact) mass is 261 g/mol. The fourth-order valence-electron chi connectivity index (χ4n) is 2.78. The van der Waals surface area contributed by atoms with Crippen LogP contribution in [-0.2, 0) is 0 Å². The summed E-state index contributed by atoms with van der Waals surface area (Å²) in [6, 6.07) is 7.45. The molecule has 0 saturated carbocycles. The van der Waals surface area contributed by atoms with E-state index < -0.39 is 0 Å². The summed E-state index contributed by atoms with van der Waals surface area (Å²) in [7, 11) is 4.23. The third-order valence-corrected chi connectivity index (χ3v) is 4.01. The highest BCUT2D eigenvalue weighted by Gasteiger charge is 2.17. The third-order valence-electron chi connectivity index (χ3n) is 4.01. The van der Waals surface area contributed by atoms with Gasteiger partial charge < -0.3 is 15.1 Å². The zero-order valence-corrected chi connectivity index (χ0v) is 12.7. The molecular formula is C16H27N3. The molecule has 0 bridgehead atoms. The Morgan fingerprint density at radius 3 is 2.84 bits per heavy atom. The molecule has 3 nitrogen and oxygen atoms in total. The van der Waals surface area contributed by atoms with Crippen LogP contribution in [0.25, 0.3) is 0 Å². The second kappa shape index (κ2) is 6.29. The summed E-state index contributed by atoms with van der Waals surface area (Å²) in [4.78, 5) is 4.73. The second-order valence-corrected chi connectivity index (χ2v) is 5.72. The maximum absolute atomic E-state index is 3.63. The normalized spacial score (nSPS) is 20.2. The Bertz CT molecular complexity index is 414. The molecule has 1 unspecified atom stereocenters. The van der Waals surface area contributed by atoms with Crippen molar-refractivity contribution in [2.45, 2.75) is 32.7 Å². The highest BCUT2D eigenvalue weighted by atomic mass is 15.2. The number of anilines is 2. The van der Waals surface area contributed by atoms with Gasteiger partial charge in [-0.05, 0) is 44.0 Å². The molecule has 1 aromatic rings. The third kappa shape index (κ3) is 3.41. The van der Waals surface area contributed by atoms with Gasteiger partial charge in [-0.15, -0.1) is 0 Å². The molecule has 0 aliphatic carbocycles. The van der Waals surface area contributed by atoms with E-state index in [2.05, 4.69) is 61.3 Å². The van der Waals surface area contributed by atoms with E-state index in [-0.39, 0.29) is 0 Å². The fourth-order valence-corrected chi connectivity index (χ4v) is 2.78. The van der Waals surface area contributed by atoms with E-state index in [0.29, 0.717) is 6.04 Å². The summed E-state index contributed by atoms with van der Waals surface area (Å²) in [6.45, 7) is 7.85.